The zero-order valence-electron chi connectivity index (χ0n) is 11.8. The second-order valence-corrected chi connectivity index (χ2v) is 5.34. The summed E-state index contributed by atoms with van der Waals surface area (Å²) in [5.74, 6) is 0.727. The van der Waals surface area contributed by atoms with E-state index in [1.54, 1.807) is 4.90 Å². The molecule has 0 unspecified atom stereocenters. The molecule has 19 heavy (non-hydrogen) atoms. The summed E-state index contributed by atoms with van der Waals surface area (Å²) in [5, 5.41) is 0. The van der Waals surface area contributed by atoms with Crippen LogP contribution in [0.3, 0.4) is 0 Å². The molecule has 0 aromatic heterocycles. The number of urea groups is 1. The lowest BCUT2D eigenvalue weighted by Crippen LogP contribution is -2.45. The zero-order chi connectivity index (χ0) is 13.8. The first-order chi connectivity index (χ1) is 9.13. The molecule has 2 N–H and O–H groups in total. The topological polar surface area (TPSA) is 49.6 Å². The Morgan fingerprint density at radius 3 is 2.63 bits per heavy atom. The van der Waals surface area contributed by atoms with Crippen molar-refractivity contribution in [1.82, 2.24) is 4.90 Å². The van der Waals surface area contributed by atoms with Gasteiger partial charge in [-0.15, -0.1) is 0 Å². The standard InChI is InChI=1S/C15H23N3O/c1-12-7-9-18(10-8-12)15(19)17(2)14-6-4-3-5-13(14)11-16/h3-6,12H,7-11,16H2,1-2H3. The Kier molecular flexibility index (Phi) is 4.43. The van der Waals surface area contributed by atoms with Gasteiger partial charge in [-0.05, 0) is 30.4 Å². The van der Waals surface area contributed by atoms with Gasteiger partial charge in [0.15, 0.2) is 0 Å². The molecular formula is C15H23N3O. The Balaban J connectivity index is 2.10. The van der Waals surface area contributed by atoms with Crippen molar-refractivity contribution >= 4 is 11.7 Å². The lowest BCUT2D eigenvalue weighted by atomic mass is 9.99. The Hall–Kier alpha value is -1.55. The number of hydrogen-bond donors (Lipinski definition) is 1. The predicted octanol–water partition coefficient (Wildman–Crippen LogP) is 2.43. The molecule has 1 aromatic carbocycles. The van der Waals surface area contributed by atoms with Gasteiger partial charge in [0.2, 0.25) is 0 Å². The van der Waals surface area contributed by atoms with Gasteiger partial charge in [-0.2, -0.15) is 0 Å². The molecule has 1 aliphatic rings. The fourth-order valence-electron chi connectivity index (χ4n) is 2.53. The van der Waals surface area contributed by atoms with Crippen LogP contribution < -0.4 is 10.6 Å². The summed E-state index contributed by atoms with van der Waals surface area (Å²) in [6.07, 6.45) is 2.19. The third kappa shape index (κ3) is 3.07. The molecule has 0 radical (unpaired) electrons. The number of para-hydroxylation sites is 1. The largest absolute Gasteiger partial charge is 0.326 e. The monoisotopic (exact) mass is 261 g/mol. The van der Waals surface area contributed by atoms with E-state index in [0.29, 0.717) is 6.54 Å². The van der Waals surface area contributed by atoms with E-state index < -0.39 is 0 Å². The Morgan fingerprint density at radius 1 is 1.37 bits per heavy atom. The number of amides is 2. The summed E-state index contributed by atoms with van der Waals surface area (Å²) in [6, 6.07) is 7.89. The van der Waals surface area contributed by atoms with Crippen molar-refractivity contribution in [3.63, 3.8) is 0 Å². The van der Waals surface area contributed by atoms with Crippen molar-refractivity contribution in [1.29, 1.82) is 0 Å². The molecule has 1 saturated heterocycles. The number of piperidine rings is 1. The maximum absolute atomic E-state index is 12.5. The smallest absolute Gasteiger partial charge is 0.324 e. The van der Waals surface area contributed by atoms with Gasteiger partial charge in [0.25, 0.3) is 0 Å². The highest BCUT2D eigenvalue weighted by molar-refractivity contribution is 5.92. The van der Waals surface area contributed by atoms with Crippen LogP contribution in [0, 0.1) is 5.92 Å². The van der Waals surface area contributed by atoms with E-state index in [0.717, 1.165) is 43.1 Å². The van der Waals surface area contributed by atoms with Crippen molar-refractivity contribution in [3.8, 4) is 0 Å². The van der Waals surface area contributed by atoms with E-state index in [9.17, 15) is 4.79 Å². The van der Waals surface area contributed by atoms with Gasteiger partial charge >= 0.3 is 6.03 Å². The Bertz CT molecular complexity index is 439. The highest BCUT2D eigenvalue weighted by Gasteiger charge is 2.24. The van der Waals surface area contributed by atoms with Gasteiger partial charge in [-0.25, -0.2) is 4.79 Å². The second-order valence-electron chi connectivity index (χ2n) is 5.34. The Morgan fingerprint density at radius 2 is 2.00 bits per heavy atom. The summed E-state index contributed by atoms with van der Waals surface area (Å²) in [6.45, 7) is 4.41. The van der Waals surface area contributed by atoms with Gasteiger partial charge in [-0.3, -0.25) is 4.90 Å². The molecule has 1 fully saturated rings. The average Bonchev–Trinajstić information content (AvgIpc) is 2.46. The highest BCUT2D eigenvalue weighted by atomic mass is 16.2. The van der Waals surface area contributed by atoms with E-state index in [-0.39, 0.29) is 6.03 Å². The van der Waals surface area contributed by atoms with Crippen molar-refractivity contribution in [2.75, 3.05) is 25.0 Å². The van der Waals surface area contributed by atoms with E-state index in [1.807, 2.05) is 36.2 Å². The average molecular weight is 261 g/mol. The van der Waals surface area contributed by atoms with Crippen LogP contribution in [-0.4, -0.2) is 31.1 Å². The molecule has 0 spiro atoms. The number of carbonyl (C=O) groups is 1. The minimum Gasteiger partial charge on any atom is -0.326 e. The lowest BCUT2D eigenvalue weighted by molar-refractivity contribution is 0.181. The zero-order valence-corrected chi connectivity index (χ0v) is 11.8. The van der Waals surface area contributed by atoms with E-state index >= 15 is 0 Å². The third-order valence-corrected chi connectivity index (χ3v) is 3.91. The van der Waals surface area contributed by atoms with Crippen LogP contribution in [0.4, 0.5) is 10.5 Å². The molecule has 4 nitrogen and oxygen atoms in total. The first kappa shape index (κ1) is 13.9. The number of benzene rings is 1. The lowest BCUT2D eigenvalue weighted by Gasteiger charge is -2.34. The molecule has 0 bridgehead atoms. The molecule has 4 heteroatoms. The van der Waals surface area contributed by atoms with Gasteiger partial charge in [0.1, 0.15) is 0 Å². The molecule has 0 saturated carbocycles. The molecule has 104 valence electrons. The fraction of sp³-hybridized carbons (Fsp3) is 0.533. The van der Waals surface area contributed by atoms with Crippen LogP contribution in [0.5, 0.6) is 0 Å². The van der Waals surface area contributed by atoms with Crippen molar-refractivity contribution in [2.45, 2.75) is 26.3 Å². The maximum Gasteiger partial charge on any atom is 0.324 e. The van der Waals surface area contributed by atoms with Crippen LogP contribution in [0.1, 0.15) is 25.3 Å². The molecule has 1 heterocycles. The van der Waals surface area contributed by atoms with Crippen LogP contribution >= 0.6 is 0 Å². The number of likely N-dealkylation sites (tertiary alicyclic amines) is 1. The predicted molar refractivity (Wildman–Crippen MR) is 78.1 cm³/mol. The van der Waals surface area contributed by atoms with Gasteiger partial charge in [-0.1, -0.05) is 25.1 Å². The molecular weight excluding hydrogens is 238 g/mol. The minimum absolute atomic E-state index is 0.0767. The summed E-state index contributed by atoms with van der Waals surface area (Å²) in [4.78, 5) is 16.1. The number of nitrogens with two attached hydrogens (primary N) is 1. The van der Waals surface area contributed by atoms with Crippen LogP contribution in [0.2, 0.25) is 0 Å². The number of nitrogens with zero attached hydrogens (tertiary/aromatic N) is 2. The van der Waals surface area contributed by atoms with Crippen molar-refractivity contribution in [2.24, 2.45) is 11.7 Å². The molecule has 0 atom stereocenters. The normalized spacial score (nSPS) is 16.5. The van der Waals surface area contributed by atoms with Crippen LogP contribution in [0.25, 0.3) is 0 Å². The quantitative estimate of drug-likeness (QED) is 0.889. The maximum atomic E-state index is 12.5. The second kappa shape index (κ2) is 6.06. The van der Waals surface area contributed by atoms with Crippen LogP contribution in [0.15, 0.2) is 24.3 Å². The van der Waals surface area contributed by atoms with Gasteiger partial charge in [0, 0.05) is 32.4 Å². The van der Waals surface area contributed by atoms with Crippen LogP contribution in [-0.2, 0) is 6.54 Å². The van der Waals surface area contributed by atoms with Crippen molar-refractivity contribution in [3.05, 3.63) is 29.8 Å². The summed E-state index contributed by atoms with van der Waals surface area (Å²) >= 11 is 0. The van der Waals surface area contributed by atoms with Gasteiger partial charge < -0.3 is 10.6 Å². The number of rotatable bonds is 2. The fourth-order valence-corrected chi connectivity index (χ4v) is 2.53. The number of carbonyl (C=O) groups excluding carboxylic acids is 1. The SMILES string of the molecule is CC1CCN(C(=O)N(C)c2ccccc2CN)CC1. The van der Waals surface area contributed by atoms with E-state index in [2.05, 4.69) is 6.92 Å². The molecule has 2 rings (SSSR count). The van der Waals surface area contributed by atoms with Crippen molar-refractivity contribution < 1.29 is 4.79 Å². The molecule has 1 aromatic rings. The molecule has 0 aliphatic carbocycles. The minimum atomic E-state index is 0.0767. The van der Waals surface area contributed by atoms with Gasteiger partial charge in [0.05, 0.1) is 0 Å². The third-order valence-electron chi connectivity index (χ3n) is 3.91. The molecule has 1 aliphatic heterocycles. The number of hydrogen-bond acceptors (Lipinski definition) is 2. The first-order valence-corrected chi connectivity index (χ1v) is 6.94. The highest BCUT2D eigenvalue weighted by Crippen LogP contribution is 2.22. The van der Waals surface area contributed by atoms with E-state index in [4.69, 9.17) is 5.73 Å². The first-order valence-electron chi connectivity index (χ1n) is 6.94. The number of anilines is 1. The summed E-state index contributed by atoms with van der Waals surface area (Å²) in [5.41, 5.74) is 7.65. The summed E-state index contributed by atoms with van der Waals surface area (Å²) < 4.78 is 0. The van der Waals surface area contributed by atoms with E-state index in [1.165, 1.54) is 0 Å². The summed E-state index contributed by atoms with van der Waals surface area (Å²) in [7, 11) is 1.83. The Labute approximate surface area is 115 Å². The molecule has 2 amide bonds.